The Morgan fingerprint density at radius 1 is 0.950 bits per heavy atom. The molecule has 2 unspecified atom stereocenters. The molecule has 2 atom stereocenters. The molecule has 0 N–H and O–H groups in total. The van der Waals surface area contributed by atoms with Crippen LogP contribution in [0.15, 0.2) is 0 Å². The lowest BCUT2D eigenvalue weighted by molar-refractivity contribution is -0.156. The molecule has 1 aliphatic heterocycles. The van der Waals surface area contributed by atoms with E-state index in [1.807, 2.05) is 0 Å². The van der Waals surface area contributed by atoms with Crippen molar-refractivity contribution in [2.75, 3.05) is 32.8 Å². The number of ether oxygens (including phenoxy) is 1. The Labute approximate surface area is 130 Å². The molecule has 4 bridgehead atoms. The molecule has 1 saturated heterocycles. The van der Waals surface area contributed by atoms with Gasteiger partial charge in [-0.15, -0.1) is 0 Å². The van der Waals surface area contributed by atoms with Gasteiger partial charge < -0.3 is 17.1 Å². The fraction of sp³-hybridized carbons (Fsp3) is 1.00. The minimum absolute atomic E-state index is 0. The third-order valence-corrected chi connectivity index (χ3v) is 6.40. The summed E-state index contributed by atoms with van der Waals surface area (Å²) in [6.07, 6.45) is 9.07. The first-order valence-electron chi connectivity index (χ1n) is 8.29. The summed E-state index contributed by atoms with van der Waals surface area (Å²) >= 11 is 0. The maximum Gasteiger partial charge on any atom is 0.0594 e. The number of hydrogen-bond acceptors (Lipinski definition) is 2. The topological polar surface area (TPSA) is 12.5 Å². The van der Waals surface area contributed by atoms with Crippen molar-refractivity contribution in [1.29, 1.82) is 0 Å². The summed E-state index contributed by atoms with van der Waals surface area (Å²) in [6.45, 7) is 10.8. The van der Waals surface area contributed by atoms with Gasteiger partial charge in [-0.25, -0.2) is 0 Å². The average molecular weight is 299 g/mol. The molecule has 20 heavy (non-hydrogen) atoms. The summed E-state index contributed by atoms with van der Waals surface area (Å²) in [6, 6.07) is 0. The molecule has 0 spiro atoms. The molecule has 0 aromatic heterocycles. The molecule has 2 nitrogen and oxygen atoms in total. The van der Waals surface area contributed by atoms with Crippen LogP contribution >= 0.6 is 0 Å². The van der Waals surface area contributed by atoms with Crippen LogP contribution in [0.25, 0.3) is 0 Å². The average Bonchev–Trinajstić information content (AvgIpc) is 2.24. The quantitative estimate of drug-likeness (QED) is 0.728. The minimum atomic E-state index is 0. The monoisotopic (exact) mass is 298 g/mol. The fourth-order valence-electron chi connectivity index (χ4n) is 7.09. The van der Waals surface area contributed by atoms with Crippen LogP contribution in [0.1, 0.15) is 52.4 Å². The van der Waals surface area contributed by atoms with Gasteiger partial charge in [0.05, 0.1) is 13.2 Å². The lowest BCUT2D eigenvalue weighted by Crippen LogP contribution is -3.00. The highest BCUT2D eigenvalue weighted by Gasteiger charge is 2.60. The Bertz CT molecular complexity index is 361. The zero-order valence-corrected chi connectivity index (χ0v) is 13.8. The molecule has 0 radical (unpaired) electrons. The van der Waals surface area contributed by atoms with Crippen LogP contribution in [-0.4, -0.2) is 37.7 Å². The Morgan fingerprint density at radius 2 is 1.55 bits per heavy atom. The standard InChI is InChI=1S/C17H29NO.ClH/c1-15-7-14-8-16(2,10-15)12-17(9-14,11-15)13-18-3-5-19-6-4-18;/h14H,3-13H2,1-2H3;1H/p-1. The molecular formula is C17H29ClNO-. The third kappa shape index (κ3) is 2.53. The van der Waals surface area contributed by atoms with Gasteiger partial charge in [0.25, 0.3) is 0 Å². The van der Waals surface area contributed by atoms with Crippen LogP contribution in [0.5, 0.6) is 0 Å². The molecule has 0 amide bonds. The summed E-state index contributed by atoms with van der Waals surface area (Å²) < 4.78 is 5.52. The molecule has 5 fully saturated rings. The predicted molar refractivity (Wildman–Crippen MR) is 77.1 cm³/mol. The molecular weight excluding hydrogens is 270 g/mol. The first-order chi connectivity index (χ1) is 8.99. The van der Waals surface area contributed by atoms with Crippen molar-refractivity contribution in [3.63, 3.8) is 0 Å². The van der Waals surface area contributed by atoms with E-state index >= 15 is 0 Å². The highest BCUT2D eigenvalue weighted by atomic mass is 35.5. The second-order valence-electron chi connectivity index (χ2n) is 9.02. The number of nitrogens with zero attached hydrogens (tertiary/aromatic N) is 1. The second-order valence-corrected chi connectivity index (χ2v) is 9.02. The first-order valence-corrected chi connectivity index (χ1v) is 8.29. The summed E-state index contributed by atoms with van der Waals surface area (Å²) in [7, 11) is 0. The van der Waals surface area contributed by atoms with E-state index in [1.54, 1.807) is 0 Å². The van der Waals surface area contributed by atoms with Crippen molar-refractivity contribution < 1.29 is 17.1 Å². The zero-order chi connectivity index (χ0) is 13.1. The third-order valence-electron chi connectivity index (χ3n) is 6.40. The van der Waals surface area contributed by atoms with E-state index in [0.717, 1.165) is 19.1 Å². The molecule has 116 valence electrons. The predicted octanol–water partition coefficient (Wildman–Crippen LogP) is 0.319. The van der Waals surface area contributed by atoms with Crippen LogP contribution in [-0.2, 0) is 4.74 Å². The SMILES string of the molecule is CC12CC3CC(C)(C1)CC(CN1CCOCC1)(C3)C2.[Cl-]. The Hall–Kier alpha value is 0.210. The van der Waals surface area contributed by atoms with Gasteiger partial charge >= 0.3 is 0 Å². The van der Waals surface area contributed by atoms with Crippen molar-refractivity contribution in [3.8, 4) is 0 Å². The summed E-state index contributed by atoms with van der Waals surface area (Å²) in [5, 5.41) is 0. The van der Waals surface area contributed by atoms with E-state index in [1.165, 1.54) is 58.2 Å². The lowest BCUT2D eigenvalue weighted by Gasteiger charge is -2.66. The largest absolute Gasteiger partial charge is 1.00 e. The Balaban J connectivity index is 0.00000121. The van der Waals surface area contributed by atoms with E-state index in [4.69, 9.17) is 4.74 Å². The van der Waals surface area contributed by atoms with Crippen LogP contribution in [0.3, 0.4) is 0 Å². The number of hydrogen-bond donors (Lipinski definition) is 0. The van der Waals surface area contributed by atoms with E-state index in [-0.39, 0.29) is 12.4 Å². The molecule has 5 aliphatic rings. The van der Waals surface area contributed by atoms with Crippen molar-refractivity contribution >= 4 is 0 Å². The molecule has 0 aromatic rings. The van der Waals surface area contributed by atoms with Crippen LogP contribution < -0.4 is 12.4 Å². The molecule has 0 aromatic carbocycles. The van der Waals surface area contributed by atoms with Gasteiger partial charge in [0, 0.05) is 19.6 Å². The number of halogens is 1. The Morgan fingerprint density at radius 3 is 2.10 bits per heavy atom. The number of morpholine rings is 1. The summed E-state index contributed by atoms with van der Waals surface area (Å²) in [4.78, 5) is 2.70. The van der Waals surface area contributed by atoms with Gasteiger partial charge in [0.1, 0.15) is 0 Å². The molecule has 4 aliphatic carbocycles. The molecule has 4 saturated carbocycles. The lowest BCUT2D eigenvalue weighted by atomic mass is 9.40. The van der Waals surface area contributed by atoms with Crippen molar-refractivity contribution in [3.05, 3.63) is 0 Å². The summed E-state index contributed by atoms with van der Waals surface area (Å²) in [5.41, 5.74) is 1.99. The van der Waals surface area contributed by atoms with Gasteiger partial charge in [-0.3, -0.25) is 4.90 Å². The number of rotatable bonds is 2. The van der Waals surface area contributed by atoms with Crippen LogP contribution in [0.2, 0.25) is 0 Å². The smallest absolute Gasteiger partial charge is 0.0594 e. The van der Waals surface area contributed by atoms with Gasteiger partial charge in [-0.1, -0.05) is 13.8 Å². The van der Waals surface area contributed by atoms with E-state index in [9.17, 15) is 0 Å². The van der Waals surface area contributed by atoms with Gasteiger partial charge in [-0.2, -0.15) is 0 Å². The molecule has 5 rings (SSSR count). The van der Waals surface area contributed by atoms with Gasteiger partial charge in [0.2, 0.25) is 0 Å². The van der Waals surface area contributed by atoms with Crippen molar-refractivity contribution in [2.24, 2.45) is 22.2 Å². The van der Waals surface area contributed by atoms with Gasteiger partial charge in [-0.05, 0) is 60.7 Å². The fourth-order valence-corrected chi connectivity index (χ4v) is 7.09. The van der Waals surface area contributed by atoms with E-state index in [0.29, 0.717) is 16.2 Å². The van der Waals surface area contributed by atoms with Crippen LogP contribution in [0.4, 0.5) is 0 Å². The molecule has 1 heterocycles. The highest BCUT2D eigenvalue weighted by Crippen LogP contribution is 2.69. The van der Waals surface area contributed by atoms with Crippen molar-refractivity contribution in [2.45, 2.75) is 52.4 Å². The minimum Gasteiger partial charge on any atom is -1.00 e. The van der Waals surface area contributed by atoms with Gasteiger partial charge in [0.15, 0.2) is 0 Å². The maximum absolute atomic E-state index is 5.52. The summed E-state index contributed by atoms with van der Waals surface area (Å²) in [5.74, 6) is 1.03. The normalized spacial score (nSPS) is 51.0. The van der Waals surface area contributed by atoms with E-state index < -0.39 is 0 Å². The second kappa shape index (κ2) is 4.86. The first kappa shape index (κ1) is 15.1. The highest BCUT2D eigenvalue weighted by molar-refractivity contribution is 5.11. The molecule has 3 heteroatoms. The van der Waals surface area contributed by atoms with Crippen molar-refractivity contribution in [1.82, 2.24) is 4.90 Å². The van der Waals surface area contributed by atoms with E-state index in [2.05, 4.69) is 18.7 Å². The Kier molecular flexibility index (Phi) is 3.67. The maximum atomic E-state index is 5.52. The van der Waals surface area contributed by atoms with Crippen LogP contribution in [0, 0.1) is 22.2 Å². The zero-order valence-electron chi connectivity index (χ0n) is 13.1.